The van der Waals surface area contributed by atoms with E-state index in [4.69, 9.17) is 9.84 Å². The minimum Gasteiger partial charge on any atom is -0.480 e. The van der Waals surface area contributed by atoms with E-state index in [2.05, 4.69) is 5.32 Å². The molecule has 0 saturated heterocycles. The molecule has 1 amide bonds. The van der Waals surface area contributed by atoms with Crippen molar-refractivity contribution in [3.05, 3.63) is 24.3 Å². The van der Waals surface area contributed by atoms with Gasteiger partial charge in [0.05, 0.1) is 12.2 Å². The van der Waals surface area contributed by atoms with Crippen molar-refractivity contribution < 1.29 is 19.4 Å². The molecule has 6 nitrogen and oxygen atoms in total. The van der Waals surface area contributed by atoms with E-state index >= 15 is 0 Å². The number of carbonyl (C=O) groups excluding carboxylic acids is 1. The molecule has 1 aliphatic rings. The summed E-state index contributed by atoms with van der Waals surface area (Å²) in [6.07, 6.45) is 1.00. The molecule has 2 rings (SSSR count). The highest BCUT2D eigenvalue weighted by Crippen LogP contribution is 2.32. The molecule has 1 aromatic rings. The first-order valence-electron chi connectivity index (χ1n) is 7.57. The van der Waals surface area contributed by atoms with Crippen LogP contribution in [-0.2, 0) is 9.59 Å². The van der Waals surface area contributed by atoms with Gasteiger partial charge in [0.15, 0.2) is 6.10 Å². The second-order valence-corrected chi connectivity index (χ2v) is 5.37. The highest BCUT2D eigenvalue weighted by molar-refractivity contribution is 5.84. The van der Waals surface area contributed by atoms with Gasteiger partial charge in [-0.15, -0.1) is 0 Å². The first-order chi connectivity index (χ1) is 10.5. The van der Waals surface area contributed by atoms with Crippen LogP contribution in [0.25, 0.3) is 0 Å². The maximum absolute atomic E-state index is 12.4. The summed E-state index contributed by atoms with van der Waals surface area (Å²) >= 11 is 0. The monoisotopic (exact) mass is 306 g/mol. The minimum atomic E-state index is -0.934. The molecular weight excluding hydrogens is 284 g/mol. The van der Waals surface area contributed by atoms with Crippen LogP contribution in [0.3, 0.4) is 0 Å². The van der Waals surface area contributed by atoms with E-state index in [-0.39, 0.29) is 25.0 Å². The fourth-order valence-electron chi connectivity index (χ4n) is 2.54. The quantitative estimate of drug-likeness (QED) is 0.835. The molecule has 0 saturated carbocycles. The van der Waals surface area contributed by atoms with Crippen molar-refractivity contribution in [2.45, 2.75) is 38.8 Å². The zero-order valence-corrected chi connectivity index (χ0v) is 12.9. The van der Waals surface area contributed by atoms with Crippen molar-refractivity contribution in [1.29, 1.82) is 0 Å². The summed E-state index contributed by atoms with van der Waals surface area (Å²) in [5.74, 6) is -0.589. The van der Waals surface area contributed by atoms with Crippen LogP contribution in [0.15, 0.2) is 24.3 Å². The molecule has 120 valence electrons. The zero-order valence-electron chi connectivity index (χ0n) is 12.9. The Balaban J connectivity index is 2.15. The van der Waals surface area contributed by atoms with Crippen LogP contribution in [0, 0.1) is 0 Å². The Labute approximate surface area is 130 Å². The molecule has 0 spiro atoms. The number of benzene rings is 1. The van der Waals surface area contributed by atoms with Gasteiger partial charge in [-0.05, 0) is 25.0 Å². The number of carboxylic acid groups (broad SMARTS) is 1. The van der Waals surface area contributed by atoms with Gasteiger partial charge in [0.2, 0.25) is 0 Å². The highest BCUT2D eigenvalue weighted by Gasteiger charge is 2.32. The van der Waals surface area contributed by atoms with E-state index in [0.717, 1.165) is 12.8 Å². The lowest BCUT2D eigenvalue weighted by Gasteiger charge is -2.35. The Morgan fingerprint density at radius 3 is 2.68 bits per heavy atom. The van der Waals surface area contributed by atoms with Gasteiger partial charge in [0, 0.05) is 6.04 Å². The number of hydrogen-bond donors (Lipinski definition) is 2. The molecule has 1 aromatic carbocycles. The summed E-state index contributed by atoms with van der Waals surface area (Å²) < 4.78 is 5.75. The lowest BCUT2D eigenvalue weighted by Crippen LogP contribution is -2.52. The molecule has 0 aliphatic carbocycles. The number of fused-ring (bicyclic) bond motifs is 1. The predicted octanol–water partition coefficient (Wildman–Crippen LogP) is 1.64. The molecule has 22 heavy (non-hydrogen) atoms. The van der Waals surface area contributed by atoms with Crippen LogP contribution in [-0.4, -0.2) is 42.2 Å². The van der Waals surface area contributed by atoms with Gasteiger partial charge >= 0.3 is 5.97 Å². The Morgan fingerprint density at radius 2 is 2.05 bits per heavy atom. The molecule has 1 aliphatic heterocycles. The molecular formula is C16H22N2O4. The minimum absolute atomic E-state index is 0.112. The average molecular weight is 306 g/mol. The number of nitrogens with zero attached hydrogens (tertiary/aromatic N) is 1. The third-order valence-electron chi connectivity index (χ3n) is 3.81. The van der Waals surface area contributed by atoms with E-state index in [1.807, 2.05) is 19.9 Å². The SMILES string of the molecule is CCC(CC)NC(=O)[C@@H]1CN(CC(=O)O)c2ccccc2O1. The second kappa shape index (κ2) is 7.15. The van der Waals surface area contributed by atoms with E-state index in [9.17, 15) is 9.59 Å². The average Bonchev–Trinajstić information content (AvgIpc) is 2.51. The molecule has 0 radical (unpaired) electrons. The van der Waals surface area contributed by atoms with Gasteiger partial charge in [-0.25, -0.2) is 0 Å². The molecule has 1 atom stereocenters. The summed E-state index contributed by atoms with van der Waals surface area (Å²) in [5.41, 5.74) is 0.705. The van der Waals surface area contributed by atoms with Crippen molar-refractivity contribution >= 4 is 17.6 Å². The standard InChI is InChI=1S/C16H22N2O4/c1-3-11(4-2)17-16(21)14-9-18(10-15(19)20)12-7-5-6-8-13(12)22-14/h5-8,11,14H,3-4,9-10H2,1-2H3,(H,17,21)(H,19,20)/t14-/m0/s1. The first-order valence-corrected chi connectivity index (χ1v) is 7.57. The van der Waals surface area contributed by atoms with Crippen molar-refractivity contribution in [3.8, 4) is 5.75 Å². The van der Waals surface area contributed by atoms with Crippen LogP contribution in [0.1, 0.15) is 26.7 Å². The van der Waals surface area contributed by atoms with Crippen LogP contribution >= 0.6 is 0 Å². The largest absolute Gasteiger partial charge is 0.480 e. The van der Waals surface area contributed by atoms with E-state index in [1.165, 1.54) is 0 Å². The van der Waals surface area contributed by atoms with E-state index < -0.39 is 12.1 Å². The number of aliphatic carboxylic acids is 1. The van der Waals surface area contributed by atoms with Crippen molar-refractivity contribution in [1.82, 2.24) is 5.32 Å². The van der Waals surface area contributed by atoms with Crippen LogP contribution in [0.5, 0.6) is 5.75 Å². The molecule has 1 heterocycles. The summed E-state index contributed by atoms with van der Waals surface area (Å²) in [4.78, 5) is 25.1. The van der Waals surface area contributed by atoms with Crippen LogP contribution < -0.4 is 15.0 Å². The van der Waals surface area contributed by atoms with Gasteiger partial charge in [0.25, 0.3) is 5.91 Å². The number of carboxylic acids is 1. The Bertz CT molecular complexity index is 543. The maximum atomic E-state index is 12.4. The molecule has 0 fully saturated rings. The fourth-order valence-corrected chi connectivity index (χ4v) is 2.54. The third-order valence-corrected chi connectivity index (χ3v) is 3.81. The van der Waals surface area contributed by atoms with Crippen molar-refractivity contribution in [2.24, 2.45) is 0 Å². The predicted molar refractivity (Wildman–Crippen MR) is 83.2 cm³/mol. The van der Waals surface area contributed by atoms with Gasteiger partial charge in [-0.2, -0.15) is 0 Å². The Kier molecular flexibility index (Phi) is 5.25. The number of para-hydroxylation sites is 2. The van der Waals surface area contributed by atoms with E-state index in [0.29, 0.717) is 11.4 Å². The van der Waals surface area contributed by atoms with Gasteiger partial charge in [-0.3, -0.25) is 9.59 Å². The molecule has 0 bridgehead atoms. The number of hydrogen-bond acceptors (Lipinski definition) is 4. The second-order valence-electron chi connectivity index (χ2n) is 5.37. The van der Waals surface area contributed by atoms with Crippen LogP contribution in [0.4, 0.5) is 5.69 Å². The molecule has 0 aromatic heterocycles. The summed E-state index contributed by atoms with van der Waals surface area (Å²) in [6.45, 7) is 4.11. The third kappa shape index (κ3) is 3.69. The number of amides is 1. The number of ether oxygens (including phenoxy) is 1. The van der Waals surface area contributed by atoms with Gasteiger partial charge < -0.3 is 20.1 Å². The number of rotatable bonds is 6. The summed E-state index contributed by atoms with van der Waals surface area (Å²) in [5, 5.41) is 12.0. The van der Waals surface area contributed by atoms with E-state index in [1.54, 1.807) is 23.1 Å². The lowest BCUT2D eigenvalue weighted by molar-refractivity contribution is -0.136. The fraction of sp³-hybridized carbons (Fsp3) is 0.500. The normalized spacial score (nSPS) is 16.9. The topological polar surface area (TPSA) is 78.9 Å². The van der Waals surface area contributed by atoms with Gasteiger partial charge in [-0.1, -0.05) is 26.0 Å². The molecule has 0 unspecified atom stereocenters. The summed E-state index contributed by atoms with van der Waals surface area (Å²) in [7, 11) is 0. The number of anilines is 1. The first kappa shape index (κ1) is 16.1. The number of nitrogens with one attached hydrogen (secondary N) is 1. The van der Waals surface area contributed by atoms with Crippen molar-refractivity contribution in [2.75, 3.05) is 18.0 Å². The Morgan fingerprint density at radius 1 is 1.36 bits per heavy atom. The van der Waals surface area contributed by atoms with Crippen LogP contribution in [0.2, 0.25) is 0 Å². The molecule has 6 heteroatoms. The van der Waals surface area contributed by atoms with Gasteiger partial charge in [0.1, 0.15) is 12.3 Å². The maximum Gasteiger partial charge on any atom is 0.323 e. The number of carbonyl (C=O) groups is 2. The summed E-state index contributed by atoms with van der Waals surface area (Å²) in [6, 6.07) is 7.29. The van der Waals surface area contributed by atoms with Crippen molar-refractivity contribution in [3.63, 3.8) is 0 Å². The molecule has 2 N–H and O–H groups in total. The zero-order chi connectivity index (χ0) is 16.1. The lowest BCUT2D eigenvalue weighted by atomic mass is 10.1. The smallest absolute Gasteiger partial charge is 0.323 e. The highest BCUT2D eigenvalue weighted by atomic mass is 16.5. The Hall–Kier alpha value is -2.24.